The van der Waals surface area contributed by atoms with Gasteiger partial charge >= 0.3 is 12.0 Å². The predicted octanol–water partition coefficient (Wildman–Crippen LogP) is 1.29. The molecule has 2 heterocycles. The van der Waals surface area contributed by atoms with Gasteiger partial charge in [0.1, 0.15) is 0 Å². The lowest BCUT2D eigenvalue weighted by Crippen LogP contribution is -2.47. The van der Waals surface area contributed by atoms with Gasteiger partial charge in [0.2, 0.25) is 0 Å². The normalized spacial score (nSPS) is 23.6. The summed E-state index contributed by atoms with van der Waals surface area (Å²) in [5.41, 5.74) is 0. The molecule has 7 heteroatoms. The van der Waals surface area contributed by atoms with Gasteiger partial charge in [-0.15, -0.1) is 11.3 Å². The van der Waals surface area contributed by atoms with Crippen molar-refractivity contribution < 1.29 is 19.8 Å². The van der Waals surface area contributed by atoms with Crippen molar-refractivity contribution in [3.8, 4) is 0 Å². The van der Waals surface area contributed by atoms with Gasteiger partial charge in [0.25, 0.3) is 0 Å². The second kappa shape index (κ2) is 6.23. The number of carboxylic acids is 1. The van der Waals surface area contributed by atoms with Crippen molar-refractivity contribution in [1.29, 1.82) is 0 Å². The maximum absolute atomic E-state index is 12.2. The molecule has 3 unspecified atom stereocenters. The summed E-state index contributed by atoms with van der Waals surface area (Å²) in [7, 11) is 0. The van der Waals surface area contributed by atoms with Crippen molar-refractivity contribution in [1.82, 2.24) is 10.2 Å². The maximum atomic E-state index is 12.2. The number of likely N-dealkylation sites (tertiary alicyclic amines) is 1. The third-order valence-electron chi connectivity index (χ3n) is 3.67. The highest BCUT2D eigenvalue weighted by Crippen LogP contribution is 2.25. The zero-order valence-corrected chi connectivity index (χ0v) is 12.0. The monoisotopic (exact) mass is 298 g/mol. The lowest BCUT2D eigenvalue weighted by atomic mass is 10.0. The molecule has 1 aliphatic heterocycles. The molecular weight excluding hydrogens is 280 g/mol. The van der Waals surface area contributed by atoms with Crippen LogP contribution in [0.4, 0.5) is 4.79 Å². The molecule has 3 atom stereocenters. The van der Waals surface area contributed by atoms with E-state index in [9.17, 15) is 19.8 Å². The molecule has 1 fully saturated rings. The van der Waals surface area contributed by atoms with Crippen LogP contribution in [-0.2, 0) is 4.79 Å². The number of urea groups is 1. The van der Waals surface area contributed by atoms with Crippen LogP contribution in [0.1, 0.15) is 24.3 Å². The van der Waals surface area contributed by atoms with Crippen molar-refractivity contribution in [2.24, 2.45) is 5.92 Å². The Balaban J connectivity index is 2.08. The summed E-state index contributed by atoms with van der Waals surface area (Å²) in [6.07, 6.45) is 0.815. The number of amides is 2. The molecule has 3 N–H and O–H groups in total. The second-order valence-corrected chi connectivity index (χ2v) is 5.92. The lowest BCUT2D eigenvalue weighted by molar-refractivity contribution is -0.139. The summed E-state index contributed by atoms with van der Waals surface area (Å²) in [5, 5.41) is 22.9. The van der Waals surface area contributed by atoms with Crippen molar-refractivity contribution in [2.75, 3.05) is 13.2 Å². The number of aliphatic hydroxyl groups excluding tert-OH is 1. The number of carbonyl (C=O) groups is 2. The van der Waals surface area contributed by atoms with Crippen LogP contribution in [-0.4, -0.2) is 46.3 Å². The molecule has 0 aromatic carbocycles. The number of nitrogens with one attached hydrogen (secondary N) is 1. The van der Waals surface area contributed by atoms with E-state index in [4.69, 9.17) is 0 Å². The summed E-state index contributed by atoms with van der Waals surface area (Å²) in [5.74, 6) is -0.871. The average Bonchev–Trinajstić information content (AvgIpc) is 3.04. The zero-order valence-electron chi connectivity index (χ0n) is 11.2. The van der Waals surface area contributed by atoms with E-state index < -0.39 is 18.0 Å². The van der Waals surface area contributed by atoms with Gasteiger partial charge in [-0.1, -0.05) is 13.0 Å². The maximum Gasteiger partial charge on any atom is 0.331 e. The van der Waals surface area contributed by atoms with E-state index in [0.717, 1.165) is 6.42 Å². The van der Waals surface area contributed by atoms with Gasteiger partial charge in [-0.3, -0.25) is 0 Å². The molecule has 1 aromatic rings. The van der Waals surface area contributed by atoms with Gasteiger partial charge in [0.05, 0.1) is 12.6 Å². The van der Waals surface area contributed by atoms with Crippen LogP contribution in [0.2, 0.25) is 0 Å². The van der Waals surface area contributed by atoms with Gasteiger partial charge in [-0.25, -0.2) is 9.59 Å². The van der Waals surface area contributed by atoms with Crippen molar-refractivity contribution in [3.05, 3.63) is 22.4 Å². The Labute approximate surface area is 121 Å². The van der Waals surface area contributed by atoms with Crippen LogP contribution in [0.3, 0.4) is 0 Å². The molecule has 110 valence electrons. The van der Waals surface area contributed by atoms with Gasteiger partial charge in [0, 0.05) is 11.4 Å². The van der Waals surface area contributed by atoms with Crippen molar-refractivity contribution in [3.63, 3.8) is 0 Å². The number of hydrogen-bond acceptors (Lipinski definition) is 4. The van der Waals surface area contributed by atoms with E-state index in [1.54, 1.807) is 17.5 Å². The Morgan fingerprint density at radius 3 is 2.90 bits per heavy atom. The highest BCUT2D eigenvalue weighted by atomic mass is 32.1. The van der Waals surface area contributed by atoms with Gasteiger partial charge in [0.15, 0.2) is 6.04 Å². The molecule has 2 amide bonds. The van der Waals surface area contributed by atoms with E-state index in [-0.39, 0.29) is 18.6 Å². The van der Waals surface area contributed by atoms with E-state index in [1.807, 2.05) is 6.92 Å². The highest BCUT2D eigenvalue weighted by molar-refractivity contribution is 7.10. The van der Waals surface area contributed by atoms with Crippen LogP contribution in [0.5, 0.6) is 0 Å². The van der Waals surface area contributed by atoms with E-state index >= 15 is 0 Å². The molecule has 1 aromatic heterocycles. The van der Waals surface area contributed by atoms with Crippen LogP contribution in [0, 0.1) is 5.92 Å². The fourth-order valence-corrected chi connectivity index (χ4v) is 3.22. The Kier molecular flexibility index (Phi) is 4.61. The third kappa shape index (κ3) is 2.94. The quantitative estimate of drug-likeness (QED) is 0.781. The summed E-state index contributed by atoms with van der Waals surface area (Å²) in [6.45, 7) is 2.41. The molecule has 0 aliphatic carbocycles. The SMILES string of the molecule is CC1CCN(C(=O)NC(C(=O)O)c2cccs2)C1CO. The number of aliphatic hydroxyl groups is 1. The Morgan fingerprint density at radius 2 is 2.35 bits per heavy atom. The Hall–Kier alpha value is -1.60. The minimum absolute atomic E-state index is 0.106. The van der Waals surface area contributed by atoms with Crippen molar-refractivity contribution in [2.45, 2.75) is 25.4 Å². The zero-order chi connectivity index (χ0) is 14.7. The number of nitrogens with zero attached hydrogens (tertiary/aromatic N) is 1. The molecule has 0 spiro atoms. The smallest absolute Gasteiger partial charge is 0.331 e. The van der Waals surface area contributed by atoms with Gasteiger partial charge < -0.3 is 20.4 Å². The summed E-state index contributed by atoms with van der Waals surface area (Å²) in [6, 6.07) is 1.70. The number of carbonyl (C=O) groups excluding carboxylic acids is 1. The first kappa shape index (κ1) is 14.8. The number of hydrogen-bond donors (Lipinski definition) is 3. The molecule has 0 saturated carbocycles. The molecule has 1 saturated heterocycles. The van der Waals surface area contributed by atoms with E-state index in [0.29, 0.717) is 11.4 Å². The van der Waals surface area contributed by atoms with E-state index in [2.05, 4.69) is 5.32 Å². The molecule has 0 radical (unpaired) electrons. The molecule has 6 nitrogen and oxygen atoms in total. The number of aliphatic carboxylic acids is 1. The Morgan fingerprint density at radius 1 is 1.60 bits per heavy atom. The van der Waals surface area contributed by atoms with E-state index in [1.165, 1.54) is 16.2 Å². The molecule has 2 rings (SSSR count). The summed E-state index contributed by atoms with van der Waals surface area (Å²) < 4.78 is 0. The first-order chi connectivity index (χ1) is 9.54. The van der Waals surface area contributed by atoms with Gasteiger partial charge in [-0.05, 0) is 23.8 Å². The standard InChI is InChI=1S/C13H18N2O4S/c1-8-4-5-15(9(8)7-16)13(19)14-11(12(17)18)10-3-2-6-20-10/h2-3,6,8-9,11,16H,4-5,7H2,1H3,(H,14,19)(H,17,18). The predicted molar refractivity (Wildman–Crippen MR) is 74.6 cm³/mol. The molecule has 0 bridgehead atoms. The van der Waals surface area contributed by atoms with Crippen LogP contribution >= 0.6 is 11.3 Å². The number of rotatable bonds is 4. The van der Waals surface area contributed by atoms with Crippen LogP contribution in [0.15, 0.2) is 17.5 Å². The van der Waals surface area contributed by atoms with Gasteiger partial charge in [-0.2, -0.15) is 0 Å². The first-order valence-corrected chi connectivity index (χ1v) is 7.36. The Bertz CT molecular complexity index is 477. The fraction of sp³-hybridized carbons (Fsp3) is 0.538. The number of carboxylic acid groups (broad SMARTS) is 1. The van der Waals surface area contributed by atoms with Crippen molar-refractivity contribution >= 4 is 23.3 Å². The van der Waals surface area contributed by atoms with Crippen LogP contribution in [0.25, 0.3) is 0 Å². The largest absolute Gasteiger partial charge is 0.479 e. The minimum atomic E-state index is -1.09. The summed E-state index contributed by atoms with van der Waals surface area (Å²) >= 11 is 1.29. The molecular formula is C13H18N2O4S. The first-order valence-electron chi connectivity index (χ1n) is 6.48. The minimum Gasteiger partial charge on any atom is -0.479 e. The van der Waals surface area contributed by atoms with Crippen LogP contribution < -0.4 is 5.32 Å². The molecule has 20 heavy (non-hydrogen) atoms. The average molecular weight is 298 g/mol. The second-order valence-electron chi connectivity index (χ2n) is 4.95. The highest BCUT2D eigenvalue weighted by Gasteiger charge is 2.35. The fourth-order valence-electron chi connectivity index (χ4n) is 2.46. The number of thiophene rings is 1. The lowest BCUT2D eigenvalue weighted by Gasteiger charge is -2.26. The molecule has 1 aliphatic rings. The summed E-state index contributed by atoms with van der Waals surface area (Å²) in [4.78, 5) is 25.6. The third-order valence-corrected chi connectivity index (χ3v) is 4.61. The topological polar surface area (TPSA) is 89.9 Å².